The van der Waals surface area contributed by atoms with E-state index < -0.39 is 10.0 Å². The summed E-state index contributed by atoms with van der Waals surface area (Å²) in [5, 5.41) is 4.64. The van der Waals surface area contributed by atoms with Gasteiger partial charge in [-0.15, -0.1) is 0 Å². The first-order valence-electron chi connectivity index (χ1n) is 6.67. The van der Waals surface area contributed by atoms with Gasteiger partial charge in [0.15, 0.2) is 0 Å². The highest BCUT2D eigenvalue weighted by molar-refractivity contribution is 7.90. The molecule has 0 spiro atoms. The Morgan fingerprint density at radius 1 is 1.19 bits per heavy atom. The van der Waals surface area contributed by atoms with Crippen LogP contribution in [0.5, 0.6) is 0 Å². The van der Waals surface area contributed by atoms with E-state index in [1.54, 1.807) is 18.2 Å². The number of benzene rings is 2. The zero-order chi connectivity index (χ0) is 15.3. The summed E-state index contributed by atoms with van der Waals surface area (Å²) in [7, 11) is -4.00. The zero-order valence-electron chi connectivity index (χ0n) is 11.7. The van der Waals surface area contributed by atoms with E-state index >= 15 is 0 Å². The number of sulfonamides is 1. The molecule has 0 atom stereocenters. The van der Waals surface area contributed by atoms with Crippen molar-refractivity contribution in [2.24, 2.45) is 4.52 Å². The van der Waals surface area contributed by atoms with Crippen LogP contribution in [0, 0.1) is 0 Å². The van der Waals surface area contributed by atoms with Gasteiger partial charge >= 0.3 is 0 Å². The van der Waals surface area contributed by atoms with Gasteiger partial charge in [-0.2, -0.15) is 0 Å². The first kappa shape index (κ1) is 15.2. The number of rotatable bonds is 6. The Morgan fingerprint density at radius 2 is 1.90 bits per heavy atom. The highest BCUT2D eigenvalue weighted by Crippen LogP contribution is 2.29. The van der Waals surface area contributed by atoms with E-state index in [9.17, 15) is 8.42 Å². The fourth-order valence-corrected chi connectivity index (χ4v) is 3.04. The molecule has 0 aliphatic heterocycles. The van der Waals surface area contributed by atoms with Crippen molar-refractivity contribution in [3.63, 3.8) is 0 Å². The van der Waals surface area contributed by atoms with Crippen molar-refractivity contribution >= 4 is 26.5 Å². The number of nitrogens with zero attached hydrogens (tertiary/aromatic N) is 3. The van der Waals surface area contributed by atoms with Crippen LogP contribution in [0.2, 0.25) is 0 Å². The van der Waals surface area contributed by atoms with Gasteiger partial charge in [-0.1, -0.05) is 37.6 Å². The summed E-state index contributed by atoms with van der Waals surface area (Å²) in [6, 6.07) is 10.3. The molecule has 0 bridgehead atoms. The highest BCUT2D eigenvalue weighted by atomic mass is 32.2. The molecule has 110 valence electrons. The third-order valence-electron chi connectivity index (χ3n) is 3.15. The molecule has 0 heterocycles. The molecule has 0 unspecified atom stereocenters. The summed E-state index contributed by atoms with van der Waals surface area (Å²) >= 11 is 0. The van der Waals surface area contributed by atoms with Gasteiger partial charge in [-0.25, -0.2) is 8.42 Å². The van der Waals surface area contributed by atoms with Gasteiger partial charge in [-0.3, -0.25) is 0 Å². The average molecular weight is 304 g/mol. The number of azide groups is 1. The zero-order valence-corrected chi connectivity index (χ0v) is 12.5. The van der Waals surface area contributed by atoms with E-state index in [1.165, 1.54) is 6.07 Å². The maximum Gasteiger partial charge on any atom is 0.264 e. The number of anilines is 1. The maximum absolute atomic E-state index is 12.0. The lowest BCUT2D eigenvalue weighted by Gasteiger charge is -2.11. The van der Waals surface area contributed by atoms with Gasteiger partial charge in [-0.05, 0) is 24.1 Å². The molecule has 0 amide bonds. The van der Waals surface area contributed by atoms with E-state index in [-0.39, 0.29) is 4.90 Å². The minimum Gasteiger partial charge on any atom is -0.385 e. The molecule has 7 heteroatoms. The molecule has 0 aliphatic rings. The fraction of sp³-hybridized carbons (Fsp3) is 0.286. The largest absolute Gasteiger partial charge is 0.385 e. The second-order valence-electron chi connectivity index (χ2n) is 4.58. The maximum atomic E-state index is 12.0. The van der Waals surface area contributed by atoms with E-state index in [0.717, 1.165) is 30.5 Å². The summed E-state index contributed by atoms with van der Waals surface area (Å²) < 4.78 is 26.9. The van der Waals surface area contributed by atoms with Crippen LogP contribution in [0.3, 0.4) is 0 Å². The summed E-state index contributed by atoms with van der Waals surface area (Å²) in [4.78, 5) is 2.42. The smallest absolute Gasteiger partial charge is 0.264 e. The van der Waals surface area contributed by atoms with Crippen LogP contribution in [0.25, 0.3) is 21.2 Å². The molecule has 2 aromatic rings. The van der Waals surface area contributed by atoms with Crippen LogP contribution in [0.1, 0.15) is 19.8 Å². The molecule has 2 rings (SSSR count). The summed E-state index contributed by atoms with van der Waals surface area (Å²) in [6.07, 6.45) is 2.11. The Kier molecular flexibility index (Phi) is 4.67. The molecule has 0 aliphatic carbocycles. The molecule has 0 fully saturated rings. The van der Waals surface area contributed by atoms with Gasteiger partial charge in [0.2, 0.25) is 0 Å². The quantitative estimate of drug-likeness (QED) is 0.377. The average Bonchev–Trinajstić information content (AvgIpc) is 2.47. The van der Waals surface area contributed by atoms with E-state index in [1.807, 2.05) is 12.1 Å². The van der Waals surface area contributed by atoms with Crippen molar-refractivity contribution in [1.82, 2.24) is 0 Å². The molecular weight excluding hydrogens is 288 g/mol. The third kappa shape index (κ3) is 3.26. The van der Waals surface area contributed by atoms with E-state index in [0.29, 0.717) is 5.39 Å². The third-order valence-corrected chi connectivity index (χ3v) is 4.35. The number of nitrogens with one attached hydrogen (secondary N) is 1. The Hall–Kier alpha value is -2.24. The minimum atomic E-state index is -4.00. The lowest BCUT2D eigenvalue weighted by molar-refractivity contribution is 0.598. The topological polar surface area (TPSA) is 94.9 Å². The van der Waals surface area contributed by atoms with Gasteiger partial charge in [0, 0.05) is 32.4 Å². The number of hydrogen-bond donors (Lipinski definition) is 1. The molecular formula is C14H16N4O2S. The Balaban J connectivity index is 2.56. The van der Waals surface area contributed by atoms with Crippen LogP contribution in [-0.2, 0) is 10.0 Å². The molecule has 0 radical (unpaired) electrons. The standard InChI is InChI=1S/C14H16N4O2S/c1-2-3-10-16-13-8-4-7-12-11(13)6-5-9-14(12)21(19,20)18-17-15/h4-9,16H,2-3,10H2,1H3. The second-order valence-corrected chi connectivity index (χ2v) is 6.14. The van der Waals surface area contributed by atoms with Crippen LogP contribution < -0.4 is 5.32 Å². The number of fused-ring (bicyclic) bond motifs is 1. The van der Waals surface area contributed by atoms with Crippen LogP contribution in [0.4, 0.5) is 5.69 Å². The Morgan fingerprint density at radius 3 is 2.62 bits per heavy atom. The fourth-order valence-electron chi connectivity index (χ4n) is 2.15. The van der Waals surface area contributed by atoms with Gasteiger partial charge < -0.3 is 5.32 Å². The van der Waals surface area contributed by atoms with Crippen molar-refractivity contribution in [3.8, 4) is 0 Å². The summed E-state index contributed by atoms with van der Waals surface area (Å²) in [5.74, 6) is 0. The first-order chi connectivity index (χ1) is 10.1. The first-order valence-corrected chi connectivity index (χ1v) is 8.11. The van der Waals surface area contributed by atoms with Crippen molar-refractivity contribution < 1.29 is 8.42 Å². The van der Waals surface area contributed by atoms with Crippen molar-refractivity contribution in [2.75, 3.05) is 11.9 Å². The SMILES string of the molecule is CCCCNc1cccc2c(S(=O)(=O)N=[N+]=[N-])cccc12. The highest BCUT2D eigenvalue weighted by Gasteiger charge is 2.16. The normalized spacial score (nSPS) is 11.1. The van der Waals surface area contributed by atoms with Crippen LogP contribution in [-0.4, -0.2) is 15.0 Å². The number of unbranched alkanes of at least 4 members (excludes halogenated alkanes) is 1. The molecule has 1 N–H and O–H groups in total. The van der Waals surface area contributed by atoms with Gasteiger partial charge in [0.25, 0.3) is 10.0 Å². The summed E-state index contributed by atoms with van der Waals surface area (Å²) in [6.45, 7) is 2.93. The molecule has 0 aromatic heterocycles. The molecule has 21 heavy (non-hydrogen) atoms. The van der Waals surface area contributed by atoms with E-state index in [4.69, 9.17) is 5.53 Å². The Labute approximate surface area is 123 Å². The lowest BCUT2D eigenvalue weighted by Crippen LogP contribution is -2.02. The monoisotopic (exact) mass is 304 g/mol. The predicted octanol–water partition coefficient (Wildman–Crippen LogP) is 4.05. The van der Waals surface area contributed by atoms with E-state index in [2.05, 4.69) is 21.7 Å². The van der Waals surface area contributed by atoms with Crippen molar-refractivity contribution in [2.45, 2.75) is 24.7 Å². The van der Waals surface area contributed by atoms with Crippen molar-refractivity contribution in [1.29, 1.82) is 0 Å². The van der Waals surface area contributed by atoms with Crippen LogP contribution in [0.15, 0.2) is 45.8 Å². The summed E-state index contributed by atoms with van der Waals surface area (Å²) in [5.41, 5.74) is 9.27. The molecule has 2 aromatic carbocycles. The number of hydrogen-bond acceptors (Lipinski definition) is 3. The minimum absolute atomic E-state index is 0.0249. The van der Waals surface area contributed by atoms with Crippen molar-refractivity contribution in [3.05, 3.63) is 46.8 Å². The Bertz CT molecular complexity index is 796. The van der Waals surface area contributed by atoms with Crippen LogP contribution >= 0.6 is 0 Å². The molecule has 0 saturated heterocycles. The van der Waals surface area contributed by atoms with Gasteiger partial charge in [0.1, 0.15) is 0 Å². The predicted molar refractivity (Wildman–Crippen MR) is 83.7 cm³/mol. The lowest BCUT2D eigenvalue weighted by atomic mass is 10.1. The second kappa shape index (κ2) is 6.47. The molecule has 0 saturated carbocycles. The molecule has 6 nitrogen and oxygen atoms in total. The van der Waals surface area contributed by atoms with Gasteiger partial charge in [0.05, 0.1) is 4.90 Å².